The highest BCUT2D eigenvalue weighted by atomic mass is 32.2. The number of nitrogens with two attached hydrogens (primary N) is 1. The Balaban J connectivity index is 2.68. The Kier molecular flexibility index (Phi) is 4.02. The summed E-state index contributed by atoms with van der Waals surface area (Å²) in [7, 11) is 0. The van der Waals surface area contributed by atoms with Gasteiger partial charge in [-0.05, 0) is 32.0 Å². The molecule has 14 heavy (non-hydrogen) atoms. The van der Waals surface area contributed by atoms with Crippen molar-refractivity contribution in [2.24, 2.45) is 5.73 Å². The van der Waals surface area contributed by atoms with Crippen LogP contribution >= 0.6 is 11.8 Å². The van der Waals surface area contributed by atoms with E-state index >= 15 is 0 Å². The molecular formula is C12H19NS. The smallest absolute Gasteiger partial charge is 0.0162 e. The molecule has 2 N–H and O–H groups in total. The zero-order chi connectivity index (χ0) is 10.6. The molecule has 0 aliphatic carbocycles. The number of benzene rings is 1. The summed E-state index contributed by atoms with van der Waals surface area (Å²) in [5.74, 6) is 0. The summed E-state index contributed by atoms with van der Waals surface area (Å²) in [4.78, 5) is 1.34. The highest BCUT2D eigenvalue weighted by molar-refractivity contribution is 8.00. The Morgan fingerprint density at radius 3 is 2.64 bits per heavy atom. The number of aryl methyl sites for hydroxylation is 1. The fraction of sp³-hybridized carbons (Fsp3) is 0.500. The van der Waals surface area contributed by atoms with Crippen LogP contribution in [0, 0.1) is 6.92 Å². The van der Waals surface area contributed by atoms with E-state index in [2.05, 4.69) is 45.0 Å². The second kappa shape index (κ2) is 4.85. The minimum absolute atomic E-state index is 0.239. The summed E-state index contributed by atoms with van der Waals surface area (Å²) in [6, 6.07) is 8.62. The molecule has 0 fully saturated rings. The van der Waals surface area contributed by atoms with Crippen molar-refractivity contribution < 1.29 is 0 Å². The third-order valence-electron chi connectivity index (χ3n) is 2.13. The largest absolute Gasteiger partial charge is 0.330 e. The number of hydrogen-bond donors (Lipinski definition) is 1. The van der Waals surface area contributed by atoms with Gasteiger partial charge in [0.2, 0.25) is 0 Å². The Morgan fingerprint density at radius 2 is 2.07 bits per heavy atom. The van der Waals surface area contributed by atoms with Crippen LogP contribution in [-0.4, -0.2) is 11.3 Å². The molecule has 0 aliphatic heterocycles. The number of rotatable bonds is 4. The predicted octanol–water partition coefficient (Wildman–Crippen LogP) is 3.21. The standard InChI is InChI=1S/C12H19NS/c1-10-5-4-6-11(9-10)14-12(2,3)7-8-13/h4-6,9H,7-8,13H2,1-3H3. The third kappa shape index (κ3) is 3.72. The van der Waals surface area contributed by atoms with Gasteiger partial charge in [-0.1, -0.05) is 31.5 Å². The molecule has 0 saturated carbocycles. The summed E-state index contributed by atoms with van der Waals surface area (Å²) in [5.41, 5.74) is 6.90. The Morgan fingerprint density at radius 1 is 1.36 bits per heavy atom. The first-order valence-corrected chi connectivity index (χ1v) is 5.81. The van der Waals surface area contributed by atoms with Gasteiger partial charge in [-0.25, -0.2) is 0 Å². The molecule has 2 heteroatoms. The average Bonchev–Trinajstić information content (AvgIpc) is 2.02. The summed E-state index contributed by atoms with van der Waals surface area (Å²) < 4.78 is 0.239. The van der Waals surface area contributed by atoms with Crippen LogP contribution in [0.2, 0.25) is 0 Å². The molecule has 0 aromatic heterocycles. The molecule has 0 heterocycles. The van der Waals surface area contributed by atoms with Crippen LogP contribution in [0.5, 0.6) is 0 Å². The molecule has 0 atom stereocenters. The van der Waals surface area contributed by atoms with E-state index in [0.29, 0.717) is 0 Å². The van der Waals surface area contributed by atoms with E-state index in [4.69, 9.17) is 5.73 Å². The summed E-state index contributed by atoms with van der Waals surface area (Å²) >= 11 is 1.90. The van der Waals surface area contributed by atoms with Crippen LogP contribution in [0.15, 0.2) is 29.2 Å². The van der Waals surface area contributed by atoms with Crippen molar-refractivity contribution in [2.45, 2.75) is 36.8 Å². The van der Waals surface area contributed by atoms with Crippen LogP contribution in [0.3, 0.4) is 0 Å². The van der Waals surface area contributed by atoms with E-state index in [0.717, 1.165) is 13.0 Å². The van der Waals surface area contributed by atoms with Crippen molar-refractivity contribution in [3.63, 3.8) is 0 Å². The van der Waals surface area contributed by atoms with E-state index < -0.39 is 0 Å². The lowest BCUT2D eigenvalue weighted by Crippen LogP contribution is -2.19. The van der Waals surface area contributed by atoms with Gasteiger partial charge in [0.15, 0.2) is 0 Å². The van der Waals surface area contributed by atoms with Crippen molar-refractivity contribution in [1.82, 2.24) is 0 Å². The summed E-state index contributed by atoms with van der Waals surface area (Å²) in [6.07, 6.45) is 1.05. The third-order valence-corrected chi connectivity index (χ3v) is 3.38. The highest BCUT2D eigenvalue weighted by Gasteiger charge is 2.17. The first kappa shape index (κ1) is 11.6. The SMILES string of the molecule is Cc1cccc(SC(C)(C)CCN)c1. The summed E-state index contributed by atoms with van der Waals surface area (Å²) in [5, 5.41) is 0. The molecule has 0 spiro atoms. The van der Waals surface area contributed by atoms with Crippen LogP contribution in [-0.2, 0) is 0 Å². The zero-order valence-electron chi connectivity index (χ0n) is 9.21. The van der Waals surface area contributed by atoms with Gasteiger partial charge in [-0.2, -0.15) is 0 Å². The molecule has 0 unspecified atom stereocenters. The average molecular weight is 209 g/mol. The number of thioether (sulfide) groups is 1. The molecule has 78 valence electrons. The minimum Gasteiger partial charge on any atom is -0.330 e. The minimum atomic E-state index is 0.239. The molecular weight excluding hydrogens is 190 g/mol. The van der Waals surface area contributed by atoms with Crippen molar-refractivity contribution in [3.8, 4) is 0 Å². The molecule has 0 bridgehead atoms. The molecule has 0 aliphatic rings. The normalized spacial score (nSPS) is 11.7. The fourth-order valence-electron chi connectivity index (χ4n) is 1.40. The predicted molar refractivity (Wildman–Crippen MR) is 64.8 cm³/mol. The second-order valence-electron chi connectivity index (χ2n) is 4.22. The quantitative estimate of drug-likeness (QED) is 0.771. The van der Waals surface area contributed by atoms with Gasteiger partial charge in [-0.3, -0.25) is 0 Å². The fourth-order valence-corrected chi connectivity index (χ4v) is 2.65. The van der Waals surface area contributed by atoms with Gasteiger partial charge in [0.1, 0.15) is 0 Å². The van der Waals surface area contributed by atoms with E-state index in [1.807, 2.05) is 11.8 Å². The topological polar surface area (TPSA) is 26.0 Å². The number of hydrogen-bond acceptors (Lipinski definition) is 2. The van der Waals surface area contributed by atoms with Crippen molar-refractivity contribution >= 4 is 11.8 Å². The molecule has 1 aromatic rings. The van der Waals surface area contributed by atoms with Crippen molar-refractivity contribution in [1.29, 1.82) is 0 Å². The van der Waals surface area contributed by atoms with Gasteiger partial charge in [-0.15, -0.1) is 11.8 Å². The maximum absolute atomic E-state index is 5.58. The van der Waals surface area contributed by atoms with E-state index in [9.17, 15) is 0 Å². The van der Waals surface area contributed by atoms with E-state index in [1.54, 1.807) is 0 Å². The monoisotopic (exact) mass is 209 g/mol. The zero-order valence-corrected chi connectivity index (χ0v) is 10.0. The van der Waals surface area contributed by atoms with Crippen molar-refractivity contribution in [2.75, 3.05) is 6.54 Å². The van der Waals surface area contributed by atoms with Crippen LogP contribution < -0.4 is 5.73 Å². The van der Waals surface area contributed by atoms with Crippen molar-refractivity contribution in [3.05, 3.63) is 29.8 Å². The Hall–Kier alpha value is -0.470. The molecule has 0 amide bonds. The van der Waals surface area contributed by atoms with Gasteiger partial charge in [0.25, 0.3) is 0 Å². The lowest BCUT2D eigenvalue weighted by Gasteiger charge is -2.23. The Bertz CT molecular complexity index is 294. The van der Waals surface area contributed by atoms with Gasteiger partial charge < -0.3 is 5.73 Å². The van der Waals surface area contributed by atoms with E-state index in [-0.39, 0.29) is 4.75 Å². The van der Waals surface area contributed by atoms with Gasteiger partial charge in [0, 0.05) is 9.64 Å². The van der Waals surface area contributed by atoms with Gasteiger partial charge >= 0.3 is 0 Å². The van der Waals surface area contributed by atoms with Crippen LogP contribution in [0.4, 0.5) is 0 Å². The first-order valence-electron chi connectivity index (χ1n) is 4.99. The summed E-state index contributed by atoms with van der Waals surface area (Å²) in [6.45, 7) is 7.37. The first-order chi connectivity index (χ1) is 6.53. The highest BCUT2D eigenvalue weighted by Crippen LogP contribution is 2.34. The van der Waals surface area contributed by atoms with Crippen LogP contribution in [0.1, 0.15) is 25.8 Å². The maximum atomic E-state index is 5.58. The second-order valence-corrected chi connectivity index (χ2v) is 6.00. The molecule has 1 aromatic carbocycles. The lowest BCUT2D eigenvalue weighted by atomic mass is 10.1. The maximum Gasteiger partial charge on any atom is 0.0162 e. The van der Waals surface area contributed by atoms with Crippen LogP contribution in [0.25, 0.3) is 0 Å². The molecule has 0 saturated heterocycles. The lowest BCUT2D eigenvalue weighted by molar-refractivity contribution is 0.649. The molecule has 1 rings (SSSR count). The van der Waals surface area contributed by atoms with Gasteiger partial charge in [0.05, 0.1) is 0 Å². The van der Waals surface area contributed by atoms with E-state index in [1.165, 1.54) is 10.5 Å². The molecule has 1 nitrogen and oxygen atoms in total. The molecule has 0 radical (unpaired) electrons. The Labute approximate surface area is 91.1 Å².